The van der Waals surface area contributed by atoms with E-state index in [0.717, 1.165) is 6.42 Å². The van der Waals surface area contributed by atoms with Crippen LogP contribution < -0.4 is 4.74 Å². The molecule has 0 aliphatic carbocycles. The standard InChI is InChI=1S/C20H28O4/c1-11(2)7-8-13-9-14-16(24-20(13,5)6)10-15(21)17(19(14)23)18(22)12(3)4/h7,10,12-13,21,23H,8-9H2,1-6H3. The number of phenols is 2. The van der Waals surface area contributed by atoms with Crippen LogP contribution >= 0.6 is 0 Å². The van der Waals surface area contributed by atoms with Gasteiger partial charge in [0, 0.05) is 23.5 Å². The number of hydrogen-bond donors (Lipinski definition) is 2. The zero-order valence-electron chi connectivity index (χ0n) is 15.4. The third-order valence-corrected chi connectivity index (χ3v) is 4.73. The zero-order chi connectivity index (χ0) is 18.2. The molecule has 4 heteroatoms. The van der Waals surface area contributed by atoms with E-state index in [1.165, 1.54) is 11.6 Å². The first-order chi connectivity index (χ1) is 11.0. The molecule has 1 aromatic rings. The monoisotopic (exact) mass is 332 g/mol. The highest BCUT2D eigenvalue weighted by molar-refractivity contribution is 6.03. The molecule has 0 saturated carbocycles. The van der Waals surface area contributed by atoms with Crippen LogP contribution in [0.2, 0.25) is 0 Å². The first-order valence-corrected chi connectivity index (χ1v) is 8.49. The second-order valence-corrected chi connectivity index (χ2v) is 7.74. The Labute approximate surface area is 144 Å². The second-order valence-electron chi connectivity index (χ2n) is 7.74. The molecule has 0 amide bonds. The maximum atomic E-state index is 12.3. The highest BCUT2D eigenvalue weighted by Crippen LogP contribution is 2.47. The third-order valence-electron chi connectivity index (χ3n) is 4.73. The molecule has 1 unspecified atom stereocenters. The molecule has 1 aromatic carbocycles. The lowest BCUT2D eigenvalue weighted by Gasteiger charge is -2.40. The van der Waals surface area contributed by atoms with Gasteiger partial charge in [0.2, 0.25) is 0 Å². The van der Waals surface area contributed by atoms with Crippen molar-refractivity contribution in [3.63, 3.8) is 0 Å². The minimum absolute atomic E-state index is 0.00743. The highest BCUT2D eigenvalue weighted by atomic mass is 16.5. The van der Waals surface area contributed by atoms with E-state index < -0.39 is 5.60 Å². The van der Waals surface area contributed by atoms with Gasteiger partial charge in [-0.25, -0.2) is 0 Å². The van der Waals surface area contributed by atoms with Gasteiger partial charge in [-0.1, -0.05) is 25.5 Å². The summed E-state index contributed by atoms with van der Waals surface area (Å²) in [6.07, 6.45) is 3.61. The van der Waals surface area contributed by atoms with Crippen LogP contribution in [0.25, 0.3) is 0 Å². The van der Waals surface area contributed by atoms with Crippen LogP contribution in [-0.2, 0) is 6.42 Å². The molecular weight excluding hydrogens is 304 g/mol. The molecule has 0 bridgehead atoms. The van der Waals surface area contributed by atoms with Crippen molar-refractivity contribution in [2.45, 2.75) is 60.0 Å². The van der Waals surface area contributed by atoms with Gasteiger partial charge >= 0.3 is 0 Å². The van der Waals surface area contributed by atoms with Crippen LogP contribution in [0.3, 0.4) is 0 Å². The lowest BCUT2D eigenvalue weighted by molar-refractivity contribution is 0.0270. The molecule has 0 radical (unpaired) electrons. The first kappa shape index (κ1) is 18.4. The largest absolute Gasteiger partial charge is 0.507 e. The van der Waals surface area contributed by atoms with Gasteiger partial charge < -0.3 is 14.9 Å². The number of fused-ring (bicyclic) bond motifs is 1. The zero-order valence-corrected chi connectivity index (χ0v) is 15.4. The molecule has 24 heavy (non-hydrogen) atoms. The summed E-state index contributed by atoms with van der Waals surface area (Å²) in [7, 11) is 0. The number of ether oxygens (including phenoxy) is 1. The molecule has 2 rings (SSSR count). The van der Waals surface area contributed by atoms with Crippen molar-refractivity contribution in [1.29, 1.82) is 0 Å². The molecule has 1 atom stereocenters. The van der Waals surface area contributed by atoms with Gasteiger partial charge in [-0.3, -0.25) is 4.79 Å². The number of hydrogen-bond acceptors (Lipinski definition) is 4. The molecule has 1 aliphatic heterocycles. The number of benzene rings is 1. The summed E-state index contributed by atoms with van der Waals surface area (Å²) < 4.78 is 6.06. The van der Waals surface area contributed by atoms with Crippen molar-refractivity contribution in [2.24, 2.45) is 11.8 Å². The molecule has 1 aliphatic rings. The van der Waals surface area contributed by atoms with E-state index in [2.05, 4.69) is 19.9 Å². The lowest BCUT2D eigenvalue weighted by Crippen LogP contribution is -2.42. The van der Waals surface area contributed by atoms with Crippen LogP contribution in [0.1, 0.15) is 63.9 Å². The SMILES string of the molecule is CC(C)=CCC1Cc2c(cc(O)c(C(=O)C(C)C)c2O)OC1(C)C. The van der Waals surface area contributed by atoms with Gasteiger partial charge in [-0.2, -0.15) is 0 Å². The Hall–Kier alpha value is -1.97. The van der Waals surface area contributed by atoms with Gasteiger partial charge in [-0.15, -0.1) is 0 Å². The van der Waals surface area contributed by atoms with Crippen molar-refractivity contribution in [2.75, 3.05) is 0 Å². The summed E-state index contributed by atoms with van der Waals surface area (Å²) >= 11 is 0. The number of rotatable bonds is 4. The van der Waals surface area contributed by atoms with Crippen LogP contribution in [-0.4, -0.2) is 21.6 Å². The molecule has 1 heterocycles. The number of aromatic hydroxyl groups is 2. The summed E-state index contributed by atoms with van der Waals surface area (Å²) in [6, 6.07) is 1.46. The van der Waals surface area contributed by atoms with Gasteiger partial charge in [0.15, 0.2) is 5.78 Å². The van der Waals surface area contributed by atoms with Crippen molar-refractivity contribution in [3.05, 3.63) is 28.8 Å². The predicted octanol–water partition coefficient (Wildman–Crippen LogP) is 4.62. The summed E-state index contributed by atoms with van der Waals surface area (Å²) in [5, 5.41) is 20.8. The number of ketones is 1. The summed E-state index contributed by atoms with van der Waals surface area (Å²) in [6.45, 7) is 11.6. The molecule has 2 N–H and O–H groups in total. The highest BCUT2D eigenvalue weighted by Gasteiger charge is 2.39. The maximum Gasteiger partial charge on any atom is 0.172 e. The maximum absolute atomic E-state index is 12.3. The molecule has 0 saturated heterocycles. The quantitative estimate of drug-likeness (QED) is 0.623. The molecule has 0 spiro atoms. The van der Waals surface area contributed by atoms with Gasteiger partial charge in [-0.05, 0) is 40.5 Å². The first-order valence-electron chi connectivity index (χ1n) is 8.49. The minimum Gasteiger partial charge on any atom is -0.507 e. The third kappa shape index (κ3) is 3.42. The number of allylic oxidation sites excluding steroid dienone is 2. The normalized spacial score (nSPS) is 18.7. The molecule has 4 nitrogen and oxygen atoms in total. The Morgan fingerprint density at radius 1 is 1.38 bits per heavy atom. The number of phenolic OH excluding ortho intramolecular Hbond substituents is 2. The summed E-state index contributed by atoms with van der Waals surface area (Å²) in [5.41, 5.74) is 1.44. The van der Waals surface area contributed by atoms with Crippen molar-refractivity contribution in [3.8, 4) is 17.2 Å². The average molecular weight is 332 g/mol. The Morgan fingerprint density at radius 3 is 2.54 bits per heavy atom. The second kappa shape index (κ2) is 6.50. The fourth-order valence-electron chi connectivity index (χ4n) is 3.10. The van der Waals surface area contributed by atoms with Gasteiger partial charge in [0.1, 0.15) is 28.4 Å². The average Bonchev–Trinajstić information content (AvgIpc) is 2.44. The topological polar surface area (TPSA) is 66.8 Å². The Kier molecular flexibility index (Phi) is 4.97. The van der Waals surface area contributed by atoms with Crippen molar-refractivity contribution < 1.29 is 19.7 Å². The van der Waals surface area contributed by atoms with E-state index in [4.69, 9.17) is 4.74 Å². The van der Waals surface area contributed by atoms with Crippen LogP contribution in [0.4, 0.5) is 0 Å². The minimum atomic E-state index is -0.415. The summed E-state index contributed by atoms with van der Waals surface area (Å²) in [5.74, 6) is -0.285. The smallest absolute Gasteiger partial charge is 0.172 e. The predicted molar refractivity (Wildman–Crippen MR) is 94.9 cm³/mol. The molecule has 0 fully saturated rings. The fourth-order valence-corrected chi connectivity index (χ4v) is 3.10. The molecule has 132 valence electrons. The fraction of sp³-hybridized carbons (Fsp3) is 0.550. The van der Waals surface area contributed by atoms with Crippen LogP contribution in [0.5, 0.6) is 17.2 Å². The summed E-state index contributed by atoms with van der Waals surface area (Å²) in [4.78, 5) is 12.3. The Bertz CT molecular complexity index is 679. The Balaban J connectivity index is 2.49. The number of carbonyl (C=O) groups excluding carboxylic acids is 1. The molecule has 0 aromatic heterocycles. The van der Waals surface area contributed by atoms with E-state index in [1.54, 1.807) is 13.8 Å². The Morgan fingerprint density at radius 2 is 2.00 bits per heavy atom. The van der Waals surface area contributed by atoms with E-state index in [-0.39, 0.29) is 34.7 Å². The number of carbonyl (C=O) groups is 1. The van der Waals surface area contributed by atoms with E-state index in [1.807, 2.05) is 13.8 Å². The lowest BCUT2D eigenvalue weighted by atomic mass is 9.79. The number of Topliss-reactive ketones (excluding diaryl/α,β-unsaturated/α-hetero) is 1. The van der Waals surface area contributed by atoms with Crippen molar-refractivity contribution >= 4 is 5.78 Å². The van der Waals surface area contributed by atoms with Crippen LogP contribution in [0, 0.1) is 11.8 Å². The molecular formula is C20H28O4. The van der Waals surface area contributed by atoms with Gasteiger partial charge in [0.25, 0.3) is 0 Å². The van der Waals surface area contributed by atoms with E-state index in [0.29, 0.717) is 17.7 Å². The van der Waals surface area contributed by atoms with Crippen LogP contribution in [0.15, 0.2) is 17.7 Å². The van der Waals surface area contributed by atoms with E-state index in [9.17, 15) is 15.0 Å². The van der Waals surface area contributed by atoms with Gasteiger partial charge in [0.05, 0.1) is 0 Å². The van der Waals surface area contributed by atoms with E-state index >= 15 is 0 Å². The van der Waals surface area contributed by atoms with Crippen molar-refractivity contribution in [1.82, 2.24) is 0 Å².